The first-order valence-corrected chi connectivity index (χ1v) is 9.42. The minimum absolute atomic E-state index is 0.0308. The summed E-state index contributed by atoms with van der Waals surface area (Å²) in [5.41, 5.74) is 2.92. The minimum atomic E-state index is -0.111. The number of amides is 1. The summed E-state index contributed by atoms with van der Waals surface area (Å²) in [5, 5.41) is 10.6. The highest BCUT2D eigenvalue weighted by atomic mass is 16.5. The van der Waals surface area contributed by atoms with Crippen LogP contribution in [0.1, 0.15) is 24.0 Å². The van der Waals surface area contributed by atoms with Crippen LogP contribution in [-0.4, -0.2) is 48.6 Å². The van der Waals surface area contributed by atoms with Gasteiger partial charge >= 0.3 is 0 Å². The van der Waals surface area contributed by atoms with Crippen molar-refractivity contribution in [3.63, 3.8) is 0 Å². The molecule has 146 valence electrons. The number of hydrogen-bond acceptors (Lipinski definition) is 5. The summed E-state index contributed by atoms with van der Waals surface area (Å²) in [7, 11) is 1.89. The zero-order valence-electron chi connectivity index (χ0n) is 16.0. The highest BCUT2D eigenvalue weighted by Gasteiger charge is 2.34. The molecular weight excluding hydrogens is 344 g/mol. The summed E-state index contributed by atoms with van der Waals surface area (Å²) in [6.07, 6.45) is 3.83. The van der Waals surface area contributed by atoms with Crippen molar-refractivity contribution in [2.75, 3.05) is 38.2 Å². The van der Waals surface area contributed by atoms with E-state index in [4.69, 9.17) is 9.47 Å². The second kappa shape index (κ2) is 9.64. The van der Waals surface area contributed by atoms with Crippen LogP contribution >= 0.6 is 0 Å². The number of rotatable bonds is 9. The standard InChI is InChI=1S/C20H28N4O3/c1-3-26-7-8-27-14-15-5-4-6-17(9-15)23-20(25)19-12-21-11-18(19)16-10-22-24(2)13-16/h4-6,9-10,13,18-19,21H,3,7-8,11-12,14H2,1-2H3,(H,23,25)/t18-,19+/m1/s1. The number of aryl methyl sites for hydroxylation is 1. The molecule has 0 aliphatic carbocycles. The van der Waals surface area contributed by atoms with Crippen LogP contribution in [0.5, 0.6) is 0 Å². The van der Waals surface area contributed by atoms with Crippen molar-refractivity contribution in [3.05, 3.63) is 47.8 Å². The molecule has 0 spiro atoms. The lowest BCUT2D eigenvalue weighted by molar-refractivity contribution is -0.119. The third-order valence-electron chi connectivity index (χ3n) is 4.74. The first-order valence-electron chi connectivity index (χ1n) is 9.42. The fourth-order valence-corrected chi connectivity index (χ4v) is 3.36. The van der Waals surface area contributed by atoms with Crippen LogP contribution in [0.4, 0.5) is 5.69 Å². The van der Waals surface area contributed by atoms with Crippen LogP contribution in [0.25, 0.3) is 0 Å². The SMILES string of the molecule is CCOCCOCc1cccc(NC(=O)[C@H]2CNC[C@@H]2c2cnn(C)c2)c1. The smallest absolute Gasteiger partial charge is 0.229 e. The Labute approximate surface area is 160 Å². The molecule has 27 heavy (non-hydrogen) atoms. The lowest BCUT2D eigenvalue weighted by atomic mass is 9.90. The van der Waals surface area contributed by atoms with E-state index >= 15 is 0 Å². The molecule has 1 aromatic carbocycles. The third kappa shape index (κ3) is 5.38. The number of nitrogens with one attached hydrogen (secondary N) is 2. The maximum Gasteiger partial charge on any atom is 0.229 e. The molecule has 7 heteroatoms. The van der Waals surface area contributed by atoms with Crippen LogP contribution < -0.4 is 10.6 Å². The summed E-state index contributed by atoms with van der Waals surface area (Å²) in [5.74, 6) is 0.0624. The molecule has 1 aliphatic rings. The minimum Gasteiger partial charge on any atom is -0.379 e. The molecule has 3 rings (SSSR count). The first kappa shape index (κ1) is 19.5. The zero-order valence-corrected chi connectivity index (χ0v) is 16.0. The zero-order chi connectivity index (χ0) is 19.1. The number of nitrogens with zero attached hydrogens (tertiary/aromatic N) is 2. The summed E-state index contributed by atoms with van der Waals surface area (Å²) < 4.78 is 12.6. The van der Waals surface area contributed by atoms with Crippen LogP contribution in [0.2, 0.25) is 0 Å². The van der Waals surface area contributed by atoms with Gasteiger partial charge in [-0.3, -0.25) is 9.48 Å². The average Bonchev–Trinajstić information content (AvgIpc) is 3.30. The average molecular weight is 372 g/mol. The van der Waals surface area contributed by atoms with Gasteiger partial charge in [-0.2, -0.15) is 5.10 Å². The van der Waals surface area contributed by atoms with E-state index in [-0.39, 0.29) is 17.7 Å². The number of carbonyl (C=O) groups excluding carboxylic acids is 1. The van der Waals surface area contributed by atoms with E-state index in [1.54, 1.807) is 4.68 Å². The second-order valence-corrected chi connectivity index (χ2v) is 6.76. The first-order chi connectivity index (χ1) is 13.2. The summed E-state index contributed by atoms with van der Waals surface area (Å²) in [6.45, 7) is 5.78. The molecule has 0 saturated carbocycles. The van der Waals surface area contributed by atoms with Crippen LogP contribution in [0.3, 0.4) is 0 Å². The molecule has 0 bridgehead atoms. The number of anilines is 1. The third-order valence-corrected chi connectivity index (χ3v) is 4.74. The van der Waals surface area contributed by atoms with Crippen LogP contribution in [0.15, 0.2) is 36.7 Å². The Morgan fingerprint density at radius 2 is 2.19 bits per heavy atom. The van der Waals surface area contributed by atoms with Gasteiger partial charge in [0.1, 0.15) is 0 Å². The van der Waals surface area contributed by atoms with Crippen molar-refractivity contribution in [2.24, 2.45) is 13.0 Å². The summed E-state index contributed by atoms with van der Waals surface area (Å²) in [4.78, 5) is 12.8. The molecular formula is C20H28N4O3. The number of carbonyl (C=O) groups is 1. The topological polar surface area (TPSA) is 77.4 Å². The van der Waals surface area contributed by atoms with Crippen LogP contribution in [0, 0.1) is 5.92 Å². The lowest BCUT2D eigenvalue weighted by Crippen LogP contribution is -2.28. The number of aromatic nitrogens is 2. The molecule has 7 nitrogen and oxygen atoms in total. The summed E-state index contributed by atoms with van der Waals surface area (Å²) in [6, 6.07) is 7.79. The highest BCUT2D eigenvalue weighted by Crippen LogP contribution is 2.29. The fraction of sp³-hybridized carbons (Fsp3) is 0.500. The van der Waals surface area contributed by atoms with Crippen molar-refractivity contribution in [3.8, 4) is 0 Å². The molecule has 0 unspecified atom stereocenters. The Morgan fingerprint density at radius 1 is 1.33 bits per heavy atom. The molecule has 2 aromatic rings. The van der Waals surface area contributed by atoms with Gasteiger partial charge in [-0.15, -0.1) is 0 Å². The van der Waals surface area contributed by atoms with E-state index in [2.05, 4.69) is 15.7 Å². The number of ether oxygens (including phenoxy) is 2. The Bertz CT molecular complexity index is 746. The van der Waals surface area contributed by atoms with Gasteiger partial charge in [0.2, 0.25) is 5.91 Å². The number of hydrogen-bond donors (Lipinski definition) is 2. The van der Waals surface area contributed by atoms with Gasteiger partial charge in [0, 0.05) is 44.5 Å². The van der Waals surface area contributed by atoms with Gasteiger partial charge in [-0.1, -0.05) is 12.1 Å². The maximum absolute atomic E-state index is 12.8. The van der Waals surface area contributed by atoms with Crippen molar-refractivity contribution in [1.29, 1.82) is 0 Å². The van der Waals surface area contributed by atoms with E-state index < -0.39 is 0 Å². The van der Waals surface area contributed by atoms with Crippen molar-refractivity contribution in [2.45, 2.75) is 19.4 Å². The Balaban J connectivity index is 1.56. The van der Waals surface area contributed by atoms with E-state index in [0.29, 0.717) is 33.0 Å². The van der Waals surface area contributed by atoms with E-state index in [1.807, 2.05) is 50.6 Å². The van der Waals surface area contributed by atoms with E-state index in [1.165, 1.54) is 0 Å². The lowest BCUT2D eigenvalue weighted by Gasteiger charge is -2.17. The largest absolute Gasteiger partial charge is 0.379 e. The molecule has 1 saturated heterocycles. The Hall–Kier alpha value is -2.22. The van der Waals surface area contributed by atoms with Crippen molar-refractivity contribution >= 4 is 11.6 Å². The normalized spacial score (nSPS) is 19.3. The summed E-state index contributed by atoms with van der Waals surface area (Å²) >= 11 is 0. The van der Waals surface area contributed by atoms with Gasteiger partial charge in [0.05, 0.1) is 31.9 Å². The molecule has 1 aliphatic heterocycles. The van der Waals surface area contributed by atoms with Gasteiger partial charge in [-0.25, -0.2) is 0 Å². The van der Waals surface area contributed by atoms with E-state index in [0.717, 1.165) is 23.4 Å². The van der Waals surface area contributed by atoms with Gasteiger partial charge in [-0.05, 0) is 30.2 Å². The van der Waals surface area contributed by atoms with Gasteiger partial charge in [0.15, 0.2) is 0 Å². The van der Waals surface area contributed by atoms with Crippen LogP contribution in [-0.2, 0) is 27.9 Å². The number of benzene rings is 1. The molecule has 2 heterocycles. The van der Waals surface area contributed by atoms with Crippen molar-refractivity contribution in [1.82, 2.24) is 15.1 Å². The molecule has 0 radical (unpaired) electrons. The molecule has 1 aromatic heterocycles. The quantitative estimate of drug-likeness (QED) is 0.658. The Morgan fingerprint density at radius 3 is 2.96 bits per heavy atom. The van der Waals surface area contributed by atoms with Crippen molar-refractivity contribution < 1.29 is 14.3 Å². The Kier molecular flexibility index (Phi) is 6.98. The monoisotopic (exact) mass is 372 g/mol. The van der Waals surface area contributed by atoms with Gasteiger partial charge in [0.25, 0.3) is 0 Å². The highest BCUT2D eigenvalue weighted by molar-refractivity contribution is 5.93. The molecule has 1 amide bonds. The molecule has 2 atom stereocenters. The maximum atomic E-state index is 12.8. The fourth-order valence-electron chi connectivity index (χ4n) is 3.36. The predicted molar refractivity (Wildman–Crippen MR) is 104 cm³/mol. The predicted octanol–water partition coefficient (Wildman–Crippen LogP) is 1.91. The molecule has 2 N–H and O–H groups in total. The molecule has 1 fully saturated rings. The van der Waals surface area contributed by atoms with E-state index in [9.17, 15) is 4.79 Å². The van der Waals surface area contributed by atoms with Gasteiger partial charge < -0.3 is 20.1 Å². The second-order valence-electron chi connectivity index (χ2n) is 6.76.